The van der Waals surface area contributed by atoms with Crippen LogP contribution in [0.4, 0.5) is 10.5 Å². The molecular weight excluding hydrogens is 334 g/mol. The highest BCUT2D eigenvalue weighted by atomic mass is 16.6. The Hall–Kier alpha value is -3.05. The number of nitrogens with zero attached hydrogens (tertiary/aromatic N) is 4. The van der Waals surface area contributed by atoms with Gasteiger partial charge in [-0.3, -0.25) is 14.7 Å². The van der Waals surface area contributed by atoms with Crippen molar-refractivity contribution in [1.82, 2.24) is 14.9 Å². The first-order valence-corrected chi connectivity index (χ1v) is 8.43. The summed E-state index contributed by atoms with van der Waals surface area (Å²) in [7, 11) is 1.89. The Morgan fingerprint density at radius 1 is 1.46 bits per heavy atom. The molecule has 0 saturated carbocycles. The van der Waals surface area contributed by atoms with E-state index in [1.165, 1.54) is 4.90 Å². The zero-order valence-corrected chi connectivity index (χ0v) is 14.4. The van der Waals surface area contributed by atoms with Crippen LogP contribution in [0.25, 0.3) is 0 Å². The van der Waals surface area contributed by atoms with Crippen LogP contribution in [-0.4, -0.2) is 59.8 Å². The lowest BCUT2D eigenvalue weighted by atomic mass is 9.80. The molecule has 3 aliphatic heterocycles. The number of nitriles is 1. The Balaban J connectivity index is 1.53. The molecule has 0 bridgehead atoms. The maximum absolute atomic E-state index is 12.7. The molecule has 1 aromatic rings. The molecule has 1 N–H and O–H groups in total. The molecule has 1 spiro atoms. The van der Waals surface area contributed by atoms with E-state index in [2.05, 4.69) is 11.4 Å². The van der Waals surface area contributed by atoms with E-state index in [1.807, 2.05) is 48.6 Å². The van der Waals surface area contributed by atoms with E-state index in [9.17, 15) is 14.9 Å². The van der Waals surface area contributed by atoms with Crippen LogP contribution in [0, 0.1) is 11.3 Å². The summed E-state index contributed by atoms with van der Waals surface area (Å²) in [6.45, 7) is 0.955. The van der Waals surface area contributed by atoms with Gasteiger partial charge in [-0.1, -0.05) is 24.3 Å². The molecule has 0 unspecified atom stereocenters. The lowest BCUT2D eigenvalue weighted by Crippen LogP contribution is -2.42. The first-order chi connectivity index (χ1) is 12.5. The molecule has 1 aromatic carbocycles. The van der Waals surface area contributed by atoms with Crippen LogP contribution in [0.5, 0.6) is 0 Å². The molecule has 26 heavy (non-hydrogen) atoms. The van der Waals surface area contributed by atoms with Crippen molar-refractivity contribution in [1.29, 1.82) is 5.26 Å². The quantitative estimate of drug-likeness (QED) is 0.861. The van der Waals surface area contributed by atoms with Crippen LogP contribution in [0.2, 0.25) is 0 Å². The van der Waals surface area contributed by atoms with Crippen LogP contribution >= 0.6 is 0 Å². The van der Waals surface area contributed by atoms with Gasteiger partial charge in [-0.25, -0.2) is 9.80 Å². The molecule has 2 amide bonds. The van der Waals surface area contributed by atoms with Gasteiger partial charge in [0.15, 0.2) is 6.73 Å². The lowest BCUT2D eigenvalue weighted by molar-refractivity contribution is -0.120. The summed E-state index contributed by atoms with van der Waals surface area (Å²) in [5.41, 5.74) is 0.691. The molecule has 0 radical (unpaired) electrons. The second kappa shape index (κ2) is 6.04. The predicted octanol–water partition coefficient (Wildman–Crippen LogP) is 1.24. The molecule has 1 saturated heterocycles. The van der Waals surface area contributed by atoms with Crippen LogP contribution in [0.15, 0.2) is 36.5 Å². The summed E-state index contributed by atoms with van der Waals surface area (Å²) in [6.07, 6.45) is 3.47. The van der Waals surface area contributed by atoms with Crippen molar-refractivity contribution in [2.75, 3.05) is 32.2 Å². The van der Waals surface area contributed by atoms with Gasteiger partial charge in [-0.05, 0) is 11.6 Å². The minimum atomic E-state index is -0.889. The average molecular weight is 353 g/mol. The number of hydrazine groups is 1. The first-order valence-electron chi connectivity index (χ1n) is 8.43. The standard InChI is InChI=1S/C18H19N5O3/c1-21-7-4-8-22(21)12-26-17(25)23-11-18(9-13(23)10-19)14-5-2-3-6-15(14)20-16(18)24/h2-6,8,13H,7,9,11-12H2,1H3,(H,20,24)/t13-,18-/m0/s1. The number of anilines is 1. The number of rotatable bonds is 2. The second-order valence-electron chi connectivity index (χ2n) is 6.76. The van der Waals surface area contributed by atoms with E-state index in [1.54, 1.807) is 5.01 Å². The average Bonchev–Trinajstić information content (AvgIpc) is 3.31. The summed E-state index contributed by atoms with van der Waals surface area (Å²) in [6, 6.07) is 8.86. The van der Waals surface area contributed by atoms with Crippen molar-refractivity contribution in [3.8, 4) is 6.07 Å². The number of ether oxygens (including phenoxy) is 1. The van der Waals surface area contributed by atoms with E-state index in [0.717, 1.165) is 17.8 Å². The van der Waals surface area contributed by atoms with Gasteiger partial charge in [0.25, 0.3) is 0 Å². The monoisotopic (exact) mass is 353 g/mol. The smallest absolute Gasteiger partial charge is 0.412 e. The fraction of sp³-hybridized carbons (Fsp3) is 0.389. The lowest BCUT2D eigenvalue weighted by Gasteiger charge is -2.27. The molecule has 8 heteroatoms. The molecule has 3 aliphatic rings. The number of carbonyl (C=O) groups excluding carboxylic acids is 2. The zero-order valence-electron chi connectivity index (χ0n) is 14.4. The van der Waals surface area contributed by atoms with Gasteiger partial charge in [0.2, 0.25) is 5.91 Å². The van der Waals surface area contributed by atoms with E-state index < -0.39 is 17.6 Å². The third-order valence-electron chi connectivity index (χ3n) is 5.27. The Bertz CT molecular complexity index is 832. The van der Waals surface area contributed by atoms with Gasteiger partial charge < -0.3 is 10.1 Å². The van der Waals surface area contributed by atoms with Crippen LogP contribution in [-0.2, 0) is 14.9 Å². The number of likely N-dealkylation sites (N-methyl/N-ethyl adjacent to an activating group) is 1. The highest BCUT2D eigenvalue weighted by molar-refractivity contribution is 6.07. The normalized spacial score (nSPS) is 26.9. The van der Waals surface area contributed by atoms with Gasteiger partial charge in [0.05, 0.1) is 11.5 Å². The van der Waals surface area contributed by atoms with Gasteiger partial charge in [-0.15, -0.1) is 0 Å². The molecule has 1 fully saturated rings. The third-order valence-corrected chi connectivity index (χ3v) is 5.27. The molecule has 3 heterocycles. The summed E-state index contributed by atoms with van der Waals surface area (Å²) >= 11 is 0. The minimum Gasteiger partial charge on any atom is -0.427 e. The molecule has 134 valence electrons. The van der Waals surface area contributed by atoms with E-state index in [-0.39, 0.29) is 25.6 Å². The number of para-hydroxylation sites is 1. The van der Waals surface area contributed by atoms with Crippen molar-refractivity contribution in [3.05, 3.63) is 42.1 Å². The van der Waals surface area contributed by atoms with Crippen LogP contribution in [0.3, 0.4) is 0 Å². The van der Waals surface area contributed by atoms with E-state index in [4.69, 9.17) is 4.74 Å². The number of likely N-dealkylation sites (tertiary alicyclic amines) is 1. The topological polar surface area (TPSA) is 88.9 Å². The van der Waals surface area contributed by atoms with E-state index in [0.29, 0.717) is 0 Å². The SMILES string of the molecule is CN1CC=CN1COC(=O)N1C[C@]2(C[C@H]1C#N)C(=O)Nc1ccccc12. The summed E-state index contributed by atoms with van der Waals surface area (Å²) in [5, 5.41) is 16.1. The van der Waals surface area contributed by atoms with Crippen molar-refractivity contribution in [2.24, 2.45) is 0 Å². The minimum absolute atomic E-state index is 0.0657. The number of hydrogen-bond donors (Lipinski definition) is 1. The summed E-state index contributed by atoms with van der Waals surface area (Å²) in [5.74, 6) is -0.170. The van der Waals surface area contributed by atoms with Gasteiger partial charge in [0, 0.05) is 38.4 Å². The highest BCUT2D eigenvalue weighted by Crippen LogP contribution is 2.46. The fourth-order valence-electron chi connectivity index (χ4n) is 3.83. The number of nitrogens with one attached hydrogen (secondary N) is 1. The first kappa shape index (κ1) is 16.4. The fourth-order valence-corrected chi connectivity index (χ4v) is 3.83. The Morgan fingerprint density at radius 3 is 3.00 bits per heavy atom. The summed E-state index contributed by atoms with van der Waals surface area (Å²) < 4.78 is 5.38. The second-order valence-corrected chi connectivity index (χ2v) is 6.76. The molecular formula is C18H19N5O3. The molecule has 0 aromatic heterocycles. The van der Waals surface area contributed by atoms with Crippen molar-refractivity contribution < 1.29 is 14.3 Å². The number of carbonyl (C=O) groups is 2. The van der Waals surface area contributed by atoms with Crippen molar-refractivity contribution >= 4 is 17.7 Å². The maximum Gasteiger partial charge on any atom is 0.412 e. The van der Waals surface area contributed by atoms with Gasteiger partial charge in [0.1, 0.15) is 6.04 Å². The Kier molecular flexibility index (Phi) is 3.81. The molecule has 4 rings (SSSR count). The number of amides is 2. The zero-order chi connectivity index (χ0) is 18.3. The van der Waals surface area contributed by atoms with Crippen molar-refractivity contribution in [2.45, 2.75) is 17.9 Å². The van der Waals surface area contributed by atoms with Gasteiger partial charge >= 0.3 is 6.09 Å². The Morgan fingerprint density at radius 2 is 2.27 bits per heavy atom. The maximum atomic E-state index is 12.7. The highest BCUT2D eigenvalue weighted by Gasteiger charge is 2.56. The molecule has 2 atom stereocenters. The van der Waals surface area contributed by atoms with Crippen molar-refractivity contribution in [3.63, 3.8) is 0 Å². The summed E-state index contributed by atoms with van der Waals surface area (Å²) in [4.78, 5) is 26.6. The van der Waals surface area contributed by atoms with E-state index >= 15 is 0 Å². The van der Waals surface area contributed by atoms with Crippen LogP contribution < -0.4 is 5.32 Å². The largest absolute Gasteiger partial charge is 0.427 e. The molecule has 8 nitrogen and oxygen atoms in total. The Labute approximate surface area is 151 Å². The van der Waals surface area contributed by atoms with Crippen LogP contribution in [0.1, 0.15) is 12.0 Å². The van der Waals surface area contributed by atoms with Gasteiger partial charge in [-0.2, -0.15) is 5.26 Å². The predicted molar refractivity (Wildman–Crippen MR) is 92.4 cm³/mol. The number of fused-ring (bicyclic) bond motifs is 2. The number of hydrogen-bond acceptors (Lipinski definition) is 6. The number of benzene rings is 1. The third kappa shape index (κ3) is 2.40. The molecule has 0 aliphatic carbocycles.